The number of amides is 1. The number of rotatable bonds is 4. The molecule has 1 amide bonds. The van der Waals surface area contributed by atoms with Crippen molar-refractivity contribution in [3.8, 4) is 5.88 Å². The highest BCUT2D eigenvalue weighted by atomic mass is 16.5. The van der Waals surface area contributed by atoms with Gasteiger partial charge in [0.15, 0.2) is 0 Å². The number of pyridine rings is 1. The smallest absolute Gasteiger partial charge is 0.292 e. The van der Waals surface area contributed by atoms with E-state index in [-0.39, 0.29) is 29.4 Å². The molecule has 1 aliphatic heterocycles. The van der Waals surface area contributed by atoms with Gasteiger partial charge in [-0.2, -0.15) is 0 Å². The second-order valence-electron chi connectivity index (χ2n) is 7.05. The van der Waals surface area contributed by atoms with Gasteiger partial charge in [0.25, 0.3) is 5.91 Å². The van der Waals surface area contributed by atoms with E-state index in [9.17, 15) is 4.79 Å². The summed E-state index contributed by atoms with van der Waals surface area (Å²) >= 11 is 0. The molecule has 7 heteroatoms. The van der Waals surface area contributed by atoms with E-state index in [2.05, 4.69) is 10.1 Å². The van der Waals surface area contributed by atoms with E-state index in [4.69, 9.17) is 14.0 Å². The predicted octanol–water partition coefficient (Wildman–Crippen LogP) is 2.61. The zero-order valence-corrected chi connectivity index (χ0v) is 15.1. The Morgan fingerprint density at radius 2 is 2.27 bits per heavy atom. The fourth-order valence-electron chi connectivity index (χ4n) is 4.21. The molecule has 0 aromatic carbocycles. The molecular formula is C19H23N3O4. The van der Waals surface area contributed by atoms with E-state index in [1.54, 1.807) is 26.3 Å². The molecule has 1 saturated carbocycles. The monoisotopic (exact) mass is 357 g/mol. The molecule has 1 saturated heterocycles. The van der Waals surface area contributed by atoms with Crippen molar-refractivity contribution in [1.82, 2.24) is 15.0 Å². The second kappa shape index (κ2) is 6.72. The van der Waals surface area contributed by atoms with Crippen molar-refractivity contribution >= 4 is 5.91 Å². The first-order valence-electron chi connectivity index (χ1n) is 8.98. The number of carbonyl (C=O) groups is 1. The number of fused-ring (bicyclic) bond motifs is 1. The molecule has 2 fully saturated rings. The molecule has 0 spiro atoms. The lowest BCUT2D eigenvalue weighted by Crippen LogP contribution is -2.53. The Morgan fingerprint density at radius 1 is 1.38 bits per heavy atom. The van der Waals surface area contributed by atoms with Crippen molar-refractivity contribution in [2.75, 3.05) is 13.7 Å². The van der Waals surface area contributed by atoms with Crippen LogP contribution in [0.4, 0.5) is 0 Å². The fraction of sp³-hybridized carbons (Fsp3) is 0.526. The summed E-state index contributed by atoms with van der Waals surface area (Å²) in [6.07, 6.45) is 4.99. The lowest BCUT2D eigenvalue weighted by molar-refractivity contribution is -0.0791. The molecule has 2 aromatic heterocycles. The molecule has 0 radical (unpaired) electrons. The fourth-order valence-corrected chi connectivity index (χ4v) is 4.21. The molecule has 3 atom stereocenters. The summed E-state index contributed by atoms with van der Waals surface area (Å²) in [7, 11) is 1.74. The number of carbonyl (C=O) groups excluding carboxylic acids is 1. The predicted molar refractivity (Wildman–Crippen MR) is 92.9 cm³/mol. The molecule has 138 valence electrons. The largest absolute Gasteiger partial charge is 0.474 e. The molecule has 0 N–H and O–H groups in total. The van der Waals surface area contributed by atoms with Gasteiger partial charge < -0.3 is 18.9 Å². The number of aryl methyl sites for hydroxylation is 1. The van der Waals surface area contributed by atoms with Gasteiger partial charge >= 0.3 is 0 Å². The van der Waals surface area contributed by atoms with Crippen molar-refractivity contribution in [2.45, 2.75) is 50.4 Å². The van der Waals surface area contributed by atoms with Crippen LogP contribution in [0.15, 0.2) is 35.0 Å². The van der Waals surface area contributed by atoms with Crippen molar-refractivity contribution < 1.29 is 18.8 Å². The number of hydrogen-bond acceptors (Lipinski definition) is 6. The maximum absolute atomic E-state index is 12.9. The van der Waals surface area contributed by atoms with E-state index in [1.807, 2.05) is 23.1 Å². The summed E-state index contributed by atoms with van der Waals surface area (Å²) in [4.78, 5) is 19.0. The van der Waals surface area contributed by atoms with Gasteiger partial charge in [-0.05, 0) is 32.3 Å². The third-order valence-corrected chi connectivity index (χ3v) is 5.57. The number of hydrogen-bond donors (Lipinski definition) is 0. The number of ether oxygens (including phenoxy) is 2. The van der Waals surface area contributed by atoms with Crippen LogP contribution in [0.5, 0.6) is 5.88 Å². The van der Waals surface area contributed by atoms with Crippen molar-refractivity contribution in [2.24, 2.45) is 0 Å². The molecule has 26 heavy (non-hydrogen) atoms. The van der Waals surface area contributed by atoms with Crippen LogP contribution < -0.4 is 4.74 Å². The topological polar surface area (TPSA) is 77.7 Å². The van der Waals surface area contributed by atoms with E-state index >= 15 is 0 Å². The normalized spacial score (nSPS) is 28.0. The van der Waals surface area contributed by atoms with E-state index in [0.29, 0.717) is 24.5 Å². The summed E-state index contributed by atoms with van der Waals surface area (Å²) in [6, 6.07) is 7.25. The number of nitrogens with zero attached hydrogens (tertiary/aromatic N) is 3. The minimum Gasteiger partial charge on any atom is -0.474 e. The third-order valence-electron chi connectivity index (χ3n) is 5.57. The minimum absolute atomic E-state index is 0.00281. The highest BCUT2D eigenvalue weighted by Crippen LogP contribution is 2.43. The van der Waals surface area contributed by atoms with Gasteiger partial charge in [-0.1, -0.05) is 11.2 Å². The van der Waals surface area contributed by atoms with Gasteiger partial charge in [-0.15, -0.1) is 0 Å². The first-order chi connectivity index (χ1) is 12.6. The van der Waals surface area contributed by atoms with Crippen LogP contribution >= 0.6 is 0 Å². The Bertz CT molecular complexity index is 778. The van der Waals surface area contributed by atoms with Crippen LogP contribution in [0.2, 0.25) is 0 Å². The summed E-state index contributed by atoms with van der Waals surface area (Å²) in [5.74, 6) is 0.763. The summed E-state index contributed by atoms with van der Waals surface area (Å²) in [5, 5.41) is 3.83. The van der Waals surface area contributed by atoms with E-state index < -0.39 is 0 Å². The Hall–Kier alpha value is -2.41. The molecule has 2 unspecified atom stereocenters. The van der Waals surface area contributed by atoms with Crippen LogP contribution in [-0.2, 0) is 4.74 Å². The van der Waals surface area contributed by atoms with Gasteiger partial charge in [0.2, 0.25) is 11.6 Å². The quantitative estimate of drug-likeness (QED) is 0.837. The highest BCUT2D eigenvalue weighted by molar-refractivity contribution is 5.92. The minimum atomic E-state index is -0.311. The maximum Gasteiger partial charge on any atom is 0.292 e. The van der Waals surface area contributed by atoms with Crippen LogP contribution in [0.1, 0.15) is 41.9 Å². The van der Waals surface area contributed by atoms with Gasteiger partial charge in [0.1, 0.15) is 6.10 Å². The summed E-state index contributed by atoms with van der Waals surface area (Å²) < 4.78 is 17.1. The average molecular weight is 357 g/mol. The molecule has 2 aromatic rings. The van der Waals surface area contributed by atoms with Gasteiger partial charge in [-0.25, -0.2) is 4.98 Å². The first kappa shape index (κ1) is 17.0. The Balaban J connectivity index is 1.53. The van der Waals surface area contributed by atoms with Crippen molar-refractivity contribution in [3.63, 3.8) is 0 Å². The zero-order chi connectivity index (χ0) is 18.1. The summed E-state index contributed by atoms with van der Waals surface area (Å²) in [6.45, 7) is 2.45. The lowest BCUT2D eigenvalue weighted by atomic mass is 9.79. The van der Waals surface area contributed by atoms with Crippen LogP contribution in [0.25, 0.3) is 0 Å². The van der Waals surface area contributed by atoms with E-state index in [0.717, 1.165) is 19.3 Å². The Labute approximate surface area is 152 Å². The SMILES string of the molecule is CO[C@@]12CCC(Oc3ccccn3)CC1N(C(=O)c1cc(C)no1)CC2. The Morgan fingerprint density at radius 3 is 2.96 bits per heavy atom. The maximum atomic E-state index is 12.9. The van der Waals surface area contributed by atoms with E-state index in [1.165, 1.54) is 0 Å². The Kier molecular flexibility index (Phi) is 4.40. The highest BCUT2D eigenvalue weighted by Gasteiger charge is 2.53. The number of aromatic nitrogens is 2. The first-order valence-corrected chi connectivity index (χ1v) is 8.98. The lowest BCUT2D eigenvalue weighted by Gasteiger charge is -2.43. The average Bonchev–Trinajstić information content (AvgIpc) is 3.26. The molecule has 4 rings (SSSR count). The number of likely N-dealkylation sites (tertiary alicyclic amines) is 1. The molecule has 0 bridgehead atoms. The van der Waals surface area contributed by atoms with Crippen LogP contribution in [0, 0.1) is 6.92 Å². The molecular weight excluding hydrogens is 334 g/mol. The zero-order valence-electron chi connectivity index (χ0n) is 15.1. The van der Waals surface area contributed by atoms with Gasteiger partial charge in [0.05, 0.1) is 17.3 Å². The van der Waals surface area contributed by atoms with Gasteiger partial charge in [0, 0.05) is 38.4 Å². The van der Waals surface area contributed by atoms with Crippen LogP contribution in [0.3, 0.4) is 0 Å². The molecule has 2 aliphatic rings. The molecule has 1 aliphatic carbocycles. The van der Waals surface area contributed by atoms with Crippen LogP contribution in [-0.4, -0.2) is 52.3 Å². The summed E-state index contributed by atoms with van der Waals surface area (Å²) in [5.41, 5.74) is 0.389. The molecule has 3 heterocycles. The third kappa shape index (κ3) is 2.96. The second-order valence-corrected chi connectivity index (χ2v) is 7.05. The standard InChI is InChI=1S/C19H23N3O4/c1-13-11-15(26-21-13)18(23)22-10-8-19(24-2)7-6-14(12-16(19)22)25-17-5-3-4-9-20-17/h3-5,9,11,14,16H,6-8,10,12H2,1-2H3/t14?,16?,19-/m1/s1. The van der Waals surface area contributed by atoms with Gasteiger partial charge in [-0.3, -0.25) is 4.79 Å². The van der Waals surface area contributed by atoms with Crippen molar-refractivity contribution in [1.29, 1.82) is 0 Å². The van der Waals surface area contributed by atoms with Crippen molar-refractivity contribution in [3.05, 3.63) is 41.9 Å². The number of methoxy groups -OCH3 is 1. The molecule has 7 nitrogen and oxygen atoms in total.